The zero-order valence-electron chi connectivity index (χ0n) is 17.1. The molecule has 3 rings (SSSR count). The van der Waals surface area contributed by atoms with E-state index in [0.29, 0.717) is 16.9 Å². The molecule has 2 aromatic heterocycles. The van der Waals surface area contributed by atoms with Gasteiger partial charge in [0, 0.05) is 26.7 Å². The predicted octanol–water partition coefficient (Wildman–Crippen LogP) is 3.20. The number of sulfonamides is 1. The predicted molar refractivity (Wildman–Crippen MR) is 110 cm³/mol. The minimum Gasteiger partial charge on any atom is -0.458 e. The van der Waals surface area contributed by atoms with E-state index in [2.05, 4.69) is 10.2 Å². The van der Waals surface area contributed by atoms with Gasteiger partial charge in [0.1, 0.15) is 16.3 Å². The molecule has 0 fully saturated rings. The van der Waals surface area contributed by atoms with Crippen molar-refractivity contribution in [2.75, 3.05) is 24.9 Å². The van der Waals surface area contributed by atoms with Gasteiger partial charge in [0.15, 0.2) is 5.76 Å². The number of aromatic amines is 1. The number of hydrogen-bond acceptors (Lipinski definition) is 5. The molecule has 1 amide bonds. The average molecular weight is 417 g/mol. The summed E-state index contributed by atoms with van der Waals surface area (Å²) in [5.74, 6) is 0.219. The van der Waals surface area contributed by atoms with Crippen molar-refractivity contribution in [3.8, 4) is 11.5 Å². The number of rotatable bonds is 6. The number of furan rings is 1. The Morgan fingerprint density at radius 1 is 1.21 bits per heavy atom. The molecule has 3 aromatic rings. The SMILES string of the molecule is CCN(c1ccccc1C)S(=O)(=O)c1cc(-c2[nH]ncc2C(=O)N(C)C)oc1C. The van der Waals surface area contributed by atoms with Gasteiger partial charge in [-0.25, -0.2) is 8.42 Å². The van der Waals surface area contributed by atoms with Crippen LogP contribution in [-0.4, -0.2) is 50.1 Å². The Hall–Kier alpha value is -3.07. The van der Waals surface area contributed by atoms with Gasteiger partial charge in [-0.15, -0.1) is 0 Å². The molecule has 0 bridgehead atoms. The van der Waals surface area contributed by atoms with Crippen LogP contribution in [0.1, 0.15) is 28.6 Å². The number of para-hydroxylation sites is 1. The van der Waals surface area contributed by atoms with Crippen molar-refractivity contribution < 1.29 is 17.6 Å². The number of carbonyl (C=O) groups excluding carboxylic acids is 1. The number of H-pyrrole nitrogens is 1. The number of aromatic nitrogens is 2. The number of anilines is 1. The highest BCUT2D eigenvalue weighted by atomic mass is 32.2. The van der Waals surface area contributed by atoms with Crippen LogP contribution in [0.4, 0.5) is 5.69 Å². The topological polar surface area (TPSA) is 99.5 Å². The van der Waals surface area contributed by atoms with E-state index >= 15 is 0 Å². The third-order valence-electron chi connectivity index (χ3n) is 4.63. The standard InChI is InChI=1S/C20H24N4O4S/c1-6-24(16-10-8-7-9-13(16)2)29(26,27)18-11-17(28-14(18)3)19-15(12-21-22-19)20(25)23(4)5/h7-12H,6H2,1-5H3,(H,21,22). The summed E-state index contributed by atoms with van der Waals surface area (Å²) in [6.45, 7) is 5.50. The maximum Gasteiger partial charge on any atom is 0.267 e. The first kappa shape index (κ1) is 20.7. The quantitative estimate of drug-likeness (QED) is 0.665. The molecule has 0 unspecified atom stereocenters. The molecule has 8 nitrogen and oxygen atoms in total. The lowest BCUT2D eigenvalue weighted by atomic mass is 10.2. The van der Waals surface area contributed by atoms with E-state index in [1.807, 2.05) is 19.1 Å². The van der Waals surface area contributed by atoms with Crippen molar-refractivity contribution in [3.05, 3.63) is 53.4 Å². The van der Waals surface area contributed by atoms with Crippen molar-refractivity contribution in [2.24, 2.45) is 0 Å². The van der Waals surface area contributed by atoms with Gasteiger partial charge in [-0.2, -0.15) is 5.10 Å². The minimum absolute atomic E-state index is 0.0513. The second-order valence-electron chi connectivity index (χ2n) is 6.85. The molecule has 0 aliphatic heterocycles. The lowest BCUT2D eigenvalue weighted by Gasteiger charge is -2.24. The number of carbonyl (C=O) groups is 1. The fourth-order valence-electron chi connectivity index (χ4n) is 3.15. The van der Waals surface area contributed by atoms with Gasteiger partial charge in [-0.05, 0) is 32.4 Å². The van der Waals surface area contributed by atoms with Crippen LogP contribution in [0.5, 0.6) is 0 Å². The van der Waals surface area contributed by atoms with E-state index in [4.69, 9.17) is 4.42 Å². The maximum atomic E-state index is 13.4. The summed E-state index contributed by atoms with van der Waals surface area (Å²) in [5.41, 5.74) is 2.11. The van der Waals surface area contributed by atoms with Crippen LogP contribution in [0, 0.1) is 13.8 Å². The van der Waals surface area contributed by atoms with Crippen LogP contribution in [0.15, 0.2) is 45.8 Å². The summed E-state index contributed by atoms with van der Waals surface area (Å²) in [6, 6.07) is 8.74. The number of hydrogen-bond donors (Lipinski definition) is 1. The van der Waals surface area contributed by atoms with Crippen LogP contribution >= 0.6 is 0 Å². The Bertz CT molecular complexity index is 1140. The Morgan fingerprint density at radius 2 is 1.90 bits per heavy atom. The largest absolute Gasteiger partial charge is 0.458 e. The third kappa shape index (κ3) is 3.65. The lowest BCUT2D eigenvalue weighted by Crippen LogP contribution is -2.31. The number of nitrogens with one attached hydrogen (secondary N) is 1. The van der Waals surface area contributed by atoms with Gasteiger partial charge < -0.3 is 9.32 Å². The Morgan fingerprint density at radius 3 is 2.52 bits per heavy atom. The second-order valence-corrected chi connectivity index (χ2v) is 8.68. The molecule has 2 heterocycles. The average Bonchev–Trinajstić information content (AvgIpc) is 3.29. The van der Waals surface area contributed by atoms with Crippen LogP contribution in [0.2, 0.25) is 0 Å². The van der Waals surface area contributed by atoms with Crippen molar-refractivity contribution in [3.63, 3.8) is 0 Å². The zero-order valence-corrected chi connectivity index (χ0v) is 17.9. The maximum absolute atomic E-state index is 13.4. The molecule has 1 N–H and O–H groups in total. The van der Waals surface area contributed by atoms with E-state index in [9.17, 15) is 13.2 Å². The molecule has 0 aliphatic rings. The molecule has 29 heavy (non-hydrogen) atoms. The van der Waals surface area contributed by atoms with Crippen LogP contribution < -0.4 is 4.31 Å². The summed E-state index contributed by atoms with van der Waals surface area (Å²) in [7, 11) is -0.610. The molecule has 0 aliphatic carbocycles. The summed E-state index contributed by atoms with van der Waals surface area (Å²) in [5, 5.41) is 6.66. The molecule has 0 atom stereocenters. The zero-order chi connectivity index (χ0) is 21.3. The van der Waals surface area contributed by atoms with Gasteiger partial charge >= 0.3 is 0 Å². The highest BCUT2D eigenvalue weighted by molar-refractivity contribution is 7.92. The number of aryl methyl sites for hydroxylation is 2. The van der Waals surface area contributed by atoms with Gasteiger partial charge in [0.25, 0.3) is 15.9 Å². The lowest BCUT2D eigenvalue weighted by molar-refractivity contribution is 0.0828. The highest BCUT2D eigenvalue weighted by Gasteiger charge is 2.30. The van der Waals surface area contributed by atoms with Gasteiger partial charge in [0.2, 0.25) is 0 Å². The normalized spacial score (nSPS) is 11.5. The number of nitrogens with zero attached hydrogens (tertiary/aromatic N) is 3. The molecular weight excluding hydrogens is 392 g/mol. The van der Waals surface area contributed by atoms with Crippen LogP contribution in [-0.2, 0) is 10.0 Å². The molecule has 1 aromatic carbocycles. The Balaban J connectivity index is 2.08. The summed E-state index contributed by atoms with van der Waals surface area (Å²) < 4.78 is 33.9. The second kappa shape index (κ2) is 7.75. The molecule has 0 radical (unpaired) electrons. The number of amides is 1. The summed E-state index contributed by atoms with van der Waals surface area (Å²) >= 11 is 0. The molecule has 0 spiro atoms. The van der Waals surface area contributed by atoms with Gasteiger partial charge in [-0.1, -0.05) is 18.2 Å². The first-order chi connectivity index (χ1) is 13.7. The Labute approximate surface area is 170 Å². The first-order valence-corrected chi connectivity index (χ1v) is 10.6. The summed E-state index contributed by atoms with van der Waals surface area (Å²) in [4.78, 5) is 13.8. The smallest absolute Gasteiger partial charge is 0.267 e. The van der Waals surface area contributed by atoms with Crippen LogP contribution in [0.3, 0.4) is 0 Å². The van der Waals surface area contributed by atoms with E-state index < -0.39 is 10.0 Å². The van der Waals surface area contributed by atoms with Crippen LogP contribution in [0.25, 0.3) is 11.5 Å². The fraction of sp³-hybridized carbons (Fsp3) is 0.300. The van der Waals surface area contributed by atoms with Crippen molar-refractivity contribution >= 4 is 21.6 Å². The molecule has 0 saturated carbocycles. The Kier molecular flexibility index (Phi) is 5.52. The molecule has 9 heteroatoms. The minimum atomic E-state index is -3.87. The van der Waals surface area contributed by atoms with Crippen molar-refractivity contribution in [2.45, 2.75) is 25.7 Å². The third-order valence-corrected chi connectivity index (χ3v) is 6.63. The molecule has 0 saturated heterocycles. The molecular formula is C20H24N4O4S. The molecule has 154 valence electrons. The van der Waals surface area contributed by atoms with Gasteiger partial charge in [-0.3, -0.25) is 14.2 Å². The monoisotopic (exact) mass is 416 g/mol. The van der Waals surface area contributed by atoms with E-state index in [1.54, 1.807) is 40.1 Å². The number of benzene rings is 1. The van der Waals surface area contributed by atoms with Crippen molar-refractivity contribution in [1.29, 1.82) is 0 Å². The van der Waals surface area contributed by atoms with E-state index in [-0.39, 0.29) is 28.9 Å². The summed E-state index contributed by atoms with van der Waals surface area (Å²) in [6.07, 6.45) is 1.40. The van der Waals surface area contributed by atoms with Crippen molar-refractivity contribution in [1.82, 2.24) is 15.1 Å². The first-order valence-electron chi connectivity index (χ1n) is 9.12. The fourth-order valence-corrected chi connectivity index (χ4v) is 4.86. The van der Waals surface area contributed by atoms with Gasteiger partial charge in [0.05, 0.1) is 17.4 Å². The highest BCUT2D eigenvalue weighted by Crippen LogP contribution is 2.33. The van der Waals surface area contributed by atoms with E-state index in [1.165, 1.54) is 21.5 Å². The van der Waals surface area contributed by atoms with E-state index in [0.717, 1.165) is 5.56 Å².